The minimum absolute atomic E-state index is 0.614. The van der Waals surface area contributed by atoms with Crippen LogP contribution in [0.1, 0.15) is 12.0 Å². The topological polar surface area (TPSA) is 42.1 Å². The number of para-hydroxylation sites is 1. The standard InChI is InChI=1S/C12H13N3S/c13-11-8-16-12(14-11)15-7-3-5-9-4-1-2-6-10(9)15/h1-2,4,6,8H,3,5,7,13H2. The van der Waals surface area contributed by atoms with Crippen LogP contribution in [0.15, 0.2) is 29.6 Å². The fraction of sp³-hybridized carbons (Fsp3) is 0.250. The highest BCUT2D eigenvalue weighted by molar-refractivity contribution is 7.14. The SMILES string of the molecule is Nc1csc(N2CCCc3ccccc32)n1. The van der Waals surface area contributed by atoms with Gasteiger partial charge in [0.15, 0.2) is 5.13 Å². The van der Waals surface area contributed by atoms with Gasteiger partial charge in [0.2, 0.25) is 0 Å². The van der Waals surface area contributed by atoms with Gasteiger partial charge in [-0.05, 0) is 24.5 Å². The van der Waals surface area contributed by atoms with E-state index in [1.54, 1.807) is 11.3 Å². The van der Waals surface area contributed by atoms with Crippen molar-refractivity contribution in [3.8, 4) is 0 Å². The number of rotatable bonds is 1. The molecule has 2 heterocycles. The maximum atomic E-state index is 5.68. The monoisotopic (exact) mass is 231 g/mol. The van der Waals surface area contributed by atoms with Crippen molar-refractivity contribution in [1.82, 2.24) is 4.98 Å². The number of benzene rings is 1. The van der Waals surface area contributed by atoms with Crippen molar-refractivity contribution in [3.05, 3.63) is 35.2 Å². The number of hydrogen-bond acceptors (Lipinski definition) is 4. The number of aromatic nitrogens is 1. The zero-order valence-electron chi connectivity index (χ0n) is 8.89. The van der Waals surface area contributed by atoms with Crippen LogP contribution in [-0.4, -0.2) is 11.5 Å². The van der Waals surface area contributed by atoms with E-state index in [-0.39, 0.29) is 0 Å². The second kappa shape index (κ2) is 3.79. The zero-order chi connectivity index (χ0) is 11.0. The molecule has 1 aliphatic rings. The first-order valence-corrected chi connectivity index (χ1v) is 6.29. The lowest BCUT2D eigenvalue weighted by atomic mass is 10.0. The van der Waals surface area contributed by atoms with Gasteiger partial charge < -0.3 is 10.6 Å². The van der Waals surface area contributed by atoms with Gasteiger partial charge in [0.05, 0.1) is 0 Å². The summed E-state index contributed by atoms with van der Waals surface area (Å²) in [6, 6.07) is 8.53. The molecule has 0 saturated carbocycles. The Hall–Kier alpha value is -1.55. The molecule has 2 N–H and O–H groups in total. The van der Waals surface area contributed by atoms with Crippen LogP contribution in [0, 0.1) is 0 Å². The molecule has 0 atom stereocenters. The Labute approximate surface area is 98.5 Å². The van der Waals surface area contributed by atoms with E-state index in [2.05, 4.69) is 34.1 Å². The number of fused-ring (bicyclic) bond motifs is 1. The first-order valence-electron chi connectivity index (χ1n) is 5.41. The summed E-state index contributed by atoms with van der Waals surface area (Å²) in [6.45, 7) is 1.03. The van der Waals surface area contributed by atoms with Crippen LogP contribution >= 0.6 is 11.3 Å². The van der Waals surface area contributed by atoms with E-state index in [4.69, 9.17) is 5.73 Å². The first-order chi connectivity index (χ1) is 7.84. The van der Waals surface area contributed by atoms with Crippen LogP contribution in [0.5, 0.6) is 0 Å². The molecule has 2 aromatic rings. The summed E-state index contributed by atoms with van der Waals surface area (Å²) in [5.74, 6) is 0.614. The average molecular weight is 231 g/mol. The molecule has 0 aliphatic carbocycles. The third kappa shape index (κ3) is 1.55. The van der Waals surface area contributed by atoms with Gasteiger partial charge in [-0.3, -0.25) is 0 Å². The van der Waals surface area contributed by atoms with Gasteiger partial charge in [-0.15, -0.1) is 11.3 Å². The second-order valence-corrected chi connectivity index (χ2v) is 4.78. The van der Waals surface area contributed by atoms with Gasteiger partial charge in [-0.2, -0.15) is 0 Å². The first kappa shape index (κ1) is 9.66. The van der Waals surface area contributed by atoms with E-state index in [1.165, 1.54) is 17.7 Å². The number of thiazole rings is 1. The van der Waals surface area contributed by atoms with Crippen LogP contribution in [0.2, 0.25) is 0 Å². The molecule has 16 heavy (non-hydrogen) atoms. The lowest BCUT2D eigenvalue weighted by molar-refractivity contribution is 0.765. The summed E-state index contributed by atoms with van der Waals surface area (Å²) >= 11 is 1.61. The highest BCUT2D eigenvalue weighted by Crippen LogP contribution is 2.35. The van der Waals surface area contributed by atoms with Gasteiger partial charge in [-0.1, -0.05) is 18.2 Å². The summed E-state index contributed by atoms with van der Waals surface area (Å²) in [5, 5.41) is 2.90. The largest absolute Gasteiger partial charge is 0.383 e. The van der Waals surface area contributed by atoms with Gasteiger partial charge in [-0.25, -0.2) is 4.98 Å². The van der Waals surface area contributed by atoms with Crippen LogP contribution < -0.4 is 10.6 Å². The van der Waals surface area contributed by atoms with Crippen molar-refractivity contribution in [2.24, 2.45) is 0 Å². The van der Waals surface area contributed by atoms with Crippen molar-refractivity contribution in [2.75, 3.05) is 17.2 Å². The molecule has 1 aromatic heterocycles. The highest BCUT2D eigenvalue weighted by atomic mass is 32.1. The molecule has 1 aromatic carbocycles. The van der Waals surface area contributed by atoms with Crippen LogP contribution in [0.4, 0.5) is 16.6 Å². The van der Waals surface area contributed by atoms with Gasteiger partial charge in [0, 0.05) is 17.6 Å². The zero-order valence-corrected chi connectivity index (χ0v) is 9.70. The van der Waals surface area contributed by atoms with Crippen molar-refractivity contribution in [3.63, 3.8) is 0 Å². The lowest BCUT2D eigenvalue weighted by Gasteiger charge is -2.28. The minimum atomic E-state index is 0.614. The van der Waals surface area contributed by atoms with Gasteiger partial charge in [0.1, 0.15) is 5.82 Å². The number of nitrogens with zero attached hydrogens (tertiary/aromatic N) is 2. The number of aryl methyl sites for hydroxylation is 1. The Bertz CT molecular complexity index is 506. The lowest BCUT2D eigenvalue weighted by Crippen LogP contribution is -2.24. The molecule has 0 amide bonds. The molecule has 3 rings (SSSR count). The van der Waals surface area contributed by atoms with Crippen LogP contribution in [0.25, 0.3) is 0 Å². The van der Waals surface area contributed by atoms with E-state index in [0.717, 1.165) is 18.1 Å². The molecular formula is C12H13N3S. The second-order valence-electron chi connectivity index (χ2n) is 3.94. The summed E-state index contributed by atoms with van der Waals surface area (Å²) in [6.07, 6.45) is 2.34. The predicted octanol–water partition coefficient (Wildman–Crippen LogP) is 2.81. The Morgan fingerprint density at radius 1 is 1.31 bits per heavy atom. The molecule has 4 heteroatoms. The number of hydrogen-bond donors (Lipinski definition) is 1. The minimum Gasteiger partial charge on any atom is -0.383 e. The maximum absolute atomic E-state index is 5.68. The van der Waals surface area contributed by atoms with E-state index in [0.29, 0.717) is 5.82 Å². The molecule has 3 nitrogen and oxygen atoms in total. The van der Waals surface area contributed by atoms with E-state index < -0.39 is 0 Å². The van der Waals surface area contributed by atoms with Crippen molar-refractivity contribution >= 4 is 28.0 Å². The molecule has 0 fully saturated rings. The molecule has 0 bridgehead atoms. The quantitative estimate of drug-likeness (QED) is 0.820. The molecule has 0 radical (unpaired) electrons. The van der Waals surface area contributed by atoms with Crippen molar-refractivity contribution < 1.29 is 0 Å². The maximum Gasteiger partial charge on any atom is 0.191 e. The molecular weight excluding hydrogens is 218 g/mol. The Balaban J connectivity index is 2.04. The van der Waals surface area contributed by atoms with Crippen LogP contribution in [-0.2, 0) is 6.42 Å². The third-order valence-electron chi connectivity index (χ3n) is 2.85. The predicted molar refractivity (Wildman–Crippen MR) is 68.3 cm³/mol. The van der Waals surface area contributed by atoms with Gasteiger partial charge in [0.25, 0.3) is 0 Å². The van der Waals surface area contributed by atoms with E-state index in [1.807, 2.05) is 5.38 Å². The third-order valence-corrected chi connectivity index (χ3v) is 3.73. The molecule has 82 valence electrons. The summed E-state index contributed by atoms with van der Waals surface area (Å²) in [4.78, 5) is 6.62. The molecule has 1 aliphatic heterocycles. The number of nitrogens with two attached hydrogens (primary N) is 1. The fourth-order valence-electron chi connectivity index (χ4n) is 2.13. The fourth-order valence-corrected chi connectivity index (χ4v) is 2.89. The van der Waals surface area contributed by atoms with Crippen molar-refractivity contribution in [2.45, 2.75) is 12.8 Å². The molecule has 0 unspecified atom stereocenters. The number of nitrogen functional groups attached to an aromatic ring is 1. The Morgan fingerprint density at radius 2 is 2.19 bits per heavy atom. The smallest absolute Gasteiger partial charge is 0.191 e. The van der Waals surface area contributed by atoms with Crippen molar-refractivity contribution in [1.29, 1.82) is 0 Å². The Kier molecular flexibility index (Phi) is 2.29. The molecule has 0 spiro atoms. The summed E-state index contributed by atoms with van der Waals surface area (Å²) in [5.41, 5.74) is 8.36. The average Bonchev–Trinajstić information content (AvgIpc) is 2.75. The normalized spacial score (nSPS) is 14.9. The Morgan fingerprint density at radius 3 is 3.00 bits per heavy atom. The van der Waals surface area contributed by atoms with Crippen LogP contribution in [0.3, 0.4) is 0 Å². The summed E-state index contributed by atoms with van der Waals surface area (Å²) in [7, 11) is 0. The molecule has 0 saturated heterocycles. The van der Waals surface area contributed by atoms with E-state index >= 15 is 0 Å². The summed E-state index contributed by atoms with van der Waals surface area (Å²) < 4.78 is 0. The van der Waals surface area contributed by atoms with E-state index in [9.17, 15) is 0 Å². The van der Waals surface area contributed by atoms with Gasteiger partial charge >= 0.3 is 0 Å². The highest BCUT2D eigenvalue weighted by Gasteiger charge is 2.19. The number of anilines is 3.